The van der Waals surface area contributed by atoms with E-state index >= 15 is 0 Å². The summed E-state index contributed by atoms with van der Waals surface area (Å²) in [6.07, 6.45) is 0.137. The van der Waals surface area contributed by atoms with E-state index in [-0.39, 0.29) is 12.3 Å². The van der Waals surface area contributed by atoms with Crippen LogP contribution in [0.2, 0.25) is 0 Å². The molecule has 5 atom stereocenters. The predicted molar refractivity (Wildman–Crippen MR) is 116 cm³/mol. The SMILES string of the molecule is CC(C)C(N)C(=O)NC(CCCCN)C(=O)NC(C(=O)NC(C(=O)O)C(C)C)C(C)O. The molecule has 0 aromatic rings. The van der Waals surface area contributed by atoms with E-state index in [9.17, 15) is 29.4 Å². The van der Waals surface area contributed by atoms with Gasteiger partial charge in [0.2, 0.25) is 17.7 Å². The van der Waals surface area contributed by atoms with Gasteiger partial charge in [0.15, 0.2) is 0 Å². The topological polar surface area (TPSA) is 197 Å². The first-order valence-electron chi connectivity index (χ1n) is 10.6. The number of hydrogen-bond donors (Lipinski definition) is 7. The normalized spacial score (nSPS) is 16.2. The number of carboxylic acid groups (broad SMARTS) is 1. The molecule has 0 spiro atoms. The zero-order valence-electron chi connectivity index (χ0n) is 19.1. The number of nitrogens with two attached hydrogens (primary N) is 2. The number of carboxylic acids is 1. The van der Waals surface area contributed by atoms with Gasteiger partial charge in [0.05, 0.1) is 12.1 Å². The van der Waals surface area contributed by atoms with Crippen molar-refractivity contribution < 1.29 is 29.4 Å². The Morgan fingerprint density at radius 1 is 0.806 bits per heavy atom. The molecule has 0 aromatic heterocycles. The molecule has 3 amide bonds. The van der Waals surface area contributed by atoms with Crippen LogP contribution >= 0.6 is 0 Å². The minimum atomic E-state index is -1.40. The molecule has 0 saturated carbocycles. The van der Waals surface area contributed by atoms with E-state index in [0.29, 0.717) is 19.4 Å². The maximum absolute atomic E-state index is 12.8. The summed E-state index contributed by atoms with van der Waals surface area (Å²) < 4.78 is 0. The van der Waals surface area contributed by atoms with Crippen molar-refractivity contribution >= 4 is 23.7 Å². The lowest BCUT2D eigenvalue weighted by Gasteiger charge is -2.27. The lowest BCUT2D eigenvalue weighted by atomic mass is 10.0. The Morgan fingerprint density at radius 3 is 1.77 bits per heavy atom. The summed E-state index contributed by atoms with van der Waals surface area (Å²) in [7, 11) is 0. The van der Waals surface area contributed by atoms with Crippen molar-refractivity contribution in [2.24, 2.45) is 23.3 Å². The van der Waals surface area contributed by atoms with Gasteiger partial charge in [-0.2, -0.15) is 0 Å². The molecule has 11 heteroatoms. The van der Waals surface area contributed by atoms with Crippen molar-refractivity contribution in [2.45, 2.75) is 84.2 Å². The van der Waals surface area contributed by atoms with Crippen LogP contribution in [0, 0.1) is 11.8 Å². The summed E-state index contributed by atoms with van der Waals surface area (Å²) in [5.74, 6) is -3.81. The molecule has 0 rings (SSSR count). The fourth-order valence-corrected chi connectivity index (χ4v) is 2.75. The number of carbonyl (C=O) groups excluding carboxylic acids is 3. The van der Waals surface area contributed by atoms with Crippen LogP contribution in [-0.4, -0.2) is 70.7 Å². The first kappa shape index (κ1) is 28.8. The van der Waals surface area contributed by atoms with Crippen molar-refractivity contribution in [1.82, 2.24) is 16.0 Å². The van der Waals surface area contributed by atoms with Gasteiger partial charge in [-0.05, 0) is 44.6 Å². The largest absolute Gasteiger partial charge is 0.480 e. The van der Waals surface area contributed by atoms with Crippen molar-refractivity contribution in [2.75, 3.05) is 6.54 Å². The van der Waals surface area contributed by atoms with Crippen LogP contribution in [0.1, 0.15) is 53.9 Å². The molecule has 5 unspecified atom stereocenters. The molecule has 9 N–H and O–H groups in total. The van der Waals surface area contributed by atoms with E-state index in [1.54, 1.807) is 27.7 Å². The number of aliphatic carboxylic acids is 1. The highest BCUT2D eigenvalue weighted by Crippen LogP contribution is 2.07. The summed E-state index contributed by atoms with van der Waals surface area (Å²) in [6.45, 7) is 8.50. The van der Waals surface area contributed by atoms with Gasteiger partial charge >= 0.3 is 5.97 Å². The Bertz CT molecular complexity index is 611. The average molecular weight is 446 g/mol. The van der Waals surface area contributed by atoms with E-state index < -0.39 is 59.9 Å². The second-order valence-electron chi connectivity index (χ2n) is 8.41. The minimum absolute atomic E-state index is 0.146. The van der Waals surface area contributed by atoms with Gasteiger partial charge in [-0.3, -0.25) is 14.4 Å². The zero-order chi connectivity index (χ0) is 24.3. The van der Waals surface area contributed by atoms with Gasteiger partial charge < -0.3 is 37.6 Å². The average Bonchev–Trinajstić information content (AvgIpc) is 2.67. The fraction of sp³-hybridized carbons (Fsp3) is 0.800. The Kier molecular flexibility index (Phi) is 12.9. The van der Waals surface area contributed by atoms with E-state index in [1.165, 1.54) is 6.92 Å². The second-order valence-corrected chi connectivity index (χ2v) is 8.41. The minimum Gasteiger partial charge on any atom is -0.480 e. The highest BCUT2D eigenvalue weighted by atomic mass is 16.4. The highest BCUT2D eigenvalue weighted by molar-refractivity contribution is 5.94. The smallest absolute Gasteiger partial charge is 0.326 e. The summed E-state index contributed by atoms with van der Waals surface area (Å²) in [4.78, 5) is 49.1. The lowest BCUT2D eigenvalue weighted by molar-refractivity contribution is -0.144. The molecular weight excluding hydrogens is 406 g/mol. The molecule has 0 radical (unpaired) electrons. The first-order valence-corrected chi connectivity index (χ1v) is 10.6. The Labute approximate surface area is 183 Å². The van der Waals surface area contributed by atoms with Gasteiger partial charge in [-0.1, -0.05) is 27.7 Å². The zero-order valence-corrected chi connectivity index (χ0v) is 19.1. The number of amides is 3. The maximum Gasteiger partial charge on any atom is 0.326 e. The standard InChI is InChI=1S/C20H39N5O6/c1-10(2)14(22)18(28)23-13(8-6-7-9-21)17(27)25-16(12(5)26)19(29)24-15(11(3)4)20(30)31/h10-16,26H,6-9,21-22H2,1-5H3,(H,23,28)(H,24,29)(H,25,27)(H,30,31). The fourth-order valence-electron chi connectivity index (χ4n) is 2.75. The molecule has 0 heterocycles. The van der Waals surface area contributed by atoms with Crippen LogP contribution in [0.25, 0.3) is 0 Å². The van der Waals surface area contributed by atoms with Gasteiger partial charge in [-0.25, -0.2) is 4.79 Å². The van der Waals surface area contributed by atoms with E-state index in [4.69, 9.17) is 11.5 Å². The summed E-state index contributed by atoms with van der Waals surface area (Å²) in [5.41, 5.74) is 11.3. The van der Waals surface area contributed by atoms with Crippen LogP contribution in [0.4, 0.5) is 0 Å². The molecule has 0 fully saturated rings. The number of carbonyl (C=O) groups is 4. The number of aliphatic hydroxyl groups excluding tert-OH is 1. The van der Waals surface area contributed by atoms with Gasteiger partial charge in [0.1, 0.15) is 18.1 Å². The Balaban J connectivity index is 5.42. The summed E-state index contributed by atoms with van der Waals surface area (Å²) in [6, 6.07) is -4.39. The molecule has 0 aliphatic rings. The lowest BCUT2D eigenvalue weighted by Crippen LogP contribution is -2.60. The van der Waals surface area contributed by atoms with Crippen molar-refractivity contribution in [3.05, 3.63) is 0 Å². The summed E-state index contributed by atoms with van der Waals surface area (Å²) >= 11 is 0. The third kappa shape index (κ3) is 10.1. The molecule has 180 valence electrons. The van der Waals surface area contributed by atoms with Crippen LogP contribution in [0.15, 0.2) is 0 Å². The van der Waals surface area contributed by atoms with Gasteiger partial charge in [0, 0.05) is 0 Å². The number of hydrogen-bond acceptors (Lipinski definition) is 7. The molecule has 31 heavy (non-hydrogen) atoms. The van der Waals surface area contributed by atoms with Crippen LogP contribution in [0.5, 0.6) is 0 Å². The third-order valence-electron chi connectivity index (χ3n) is 4.89. The summed E-state index contributed by atoms with van der Waals surface area (Å²) in [5, 5.41) is 26.6. The molecule has 0 saturated heterocycles. The van der Waals surface area contributed by atoms with E-state index in [1.807, 2.05) is 0 Å². The van der Waals surface area contributed by atoms with Crippen molar-refractivity contribution in [3.8, 4) is 0 Å². The monoisotopic (exact) mass is 445 g/mol. The molecular formula is C20H39N5O6. The number of rotatable bonds is 14. The van der Waals surface area contributed by atoms with Gasteiger partial charge in [0.25, 0.3) is 0 Å². The number of aliphatic hydroxyl groups is 1. The third-order valence-corrected chi connectivity index (χ3v) is 4.89. The predicted octanol–water partition coefficient (Wildman–Crippen LogP) is -1.33. The van der Waals surface area contributed by atoms with Crippen LogP contribution < -0.4 is 27.4 Å². The number of nitrogens with one attached hydrogen (secondary N) is 3. The van der Waals surface area contributed by atoms with Crippen LogP contribution in [-0.2, 0) is 19.2 Å². The molecule has 0 bridgehead atoms. The van der Waals surface area contributed by atoms with E-state index in [0.717, 1.165) is 0 Å². The Morgan fingerprint density at radius 2 is 1.35 bits per heavy atom. The second kappa shape index (κ2) is 13.9. The maximum atomic E-state index is 12.8. The quantitative estimate of drug-likeness (QED) is 0.160. The van der Waals surface area contributed by atoms with Gasteiger partial charge in [-0.15, -0.1) is 0 Å². The van der Waals surface area contributed by atoms with Crippen molar-refractivity contribution in [3.63, 3.8) is 0 Å². The van der Waals surface area contributed by atoms with Crippen LogP contribution in [0.3, 0.4) is 0 Å². The molecule has 0 aromatic carbocycles. The number of unbranched alkanes of at least 4 members (excludes halogenated alkanes) is 1. The molecule has 0 aliphatic heterocycles. The van der Waals surface area contributed by atoms with Crippen molar-refractivity contribution in [1.29, 1.82) is 0 Å². The highest BCUT2D eigenvalue weighted by Gasteiger charge is 2.33. The Hall–Kier alpha value is -2.24. The van der Waals surface area contributed by atoms with E-state index in [2.05, 4.69) is 16.0 Å². The molecule has 11 nitrogen and oxygen atoms in total. The molecule has 0 aliphatic carbocycles. The first-order chi connectivity index (χ1) is 14.3.